The van der Waals surface area contributed by atoms with Crippen molar-refractivity contribution in [2.75, 3.05) is 13.1 Å². The Labute approximate surface area is 102 Å². The number of rotatable bonds is 4. The van der Waals surface area contributed by atoms with Gasteiger partial charge in [-0.1, -0.05) is 19.0 Å². The Morgan fingerprint density at radius 2 is 2.35 bits per heavy atom. The van der Waals surface area contributed by atoms with Gasteiger partial charge >= 0.3 is 0 Å². The molecule has 2 atom stereocenters. The Hall–Kier alpha value is -0.940. The van der Waals surface area contributed by atoms with Gasteiger partial charge in [-0.2, -0.15) is 4.98 Å². The monoisotopic (exact) mass is 239 g/mol. The second kappa shape index (κ2) is 5.60. The number of likely N-dealkylation sites (tertiary alicyclic amines) is 1. The standard InChI is InChI=1S/C12H21N3O2/c1-3-4-12-13-11(14-17-12)8-15-6-5-9(2)10(16)7-15/h9-10,16H,3-8H2,1-2H3. The molecule has 1 aromatic heterocycles. The molecular formula is C12H21N3O2. The predicted molar refractivity (Wildman–Crippen MR) is 63.4 cm³/mol. The van der Waals surface area contributed by atoms with Crippen molar-refractivity contribution >= 4 is 0 Å². The van der Waals surface area contributed by atoms with E-state index in [1.165, 1.54) is 0 Å². The fourth-order valence-corrected chi connectivity index (χ4v) is 2.13. The third kappa shape index (κ3) is 3.26. The molecule has 0 aliphatic carbocycles. The molecule has 1 aliphatic heterocycles. The number of hydrogen-bond acceptors (Lipinski definition) is 5. The van der Waals surface area contributed by atoms with Crippen LogP contribution >= 0.6 is 0 Å². The molecule has 17 heavy (non-hydrogen) atoms. The van der Waals surface area contributed by atoms with E-state index in [0.29, 0.717) is 24.9 Å². The quantitative estimate of drug-likeness (QED) is 0.856. The lowest BCUT2D eigenvalue weighted by molar-refractivity contribution is 0.0246. The van der Waals surface area contributed by atoms with Crippen molar-refractivity contribution < 1.29 is 9.63 Å². The number of aryl methyl sites for hydroxylation is 1. The van der Waals surface area contributed by atoms with E-state index < -0.39 is 0 Å². The molecule has 0 amide bonds. The molecule has 0 saturated carbocycles. The Balaban J connectivity index is 1.87. The van der Waals surface area contributed by atoms with Gasteiger partial charge in [0, 0.05) is 13.0 Å². The average molecular weight is 239 g/mol. The van der Waals surface area contributed by atoms with Crippen molar-refractivity contribution in [3.05, 3.63) is 11.7 Å². The summed E-state index contributed by atoms with van der Waals surface area (Å²) in [7, 11) is 0. The summed E-state index contributed by atoms with van der Waals surface area (Å²) in [6.45, 7) is 6.56. The van der Waals surface area contributed by atoms with E-state index in [1.54, 1.807) is 0 Å². The Morgan fingerprint density at radius 3 is 3.06 bits per heavy atom. The van der Waals surface area contributed by atoms with Gasteiger partial charge in [-0.3, -0.25) is 4.90 Å². The van der Waals surface area contributed by atoms with Gasteiger partial charge in [0.25, 0.3) is 0 Å². The molecule has 1 aliphatic rings. The molecule has 0 spiro atoms. The first kappa shape index (κ1) is 12.5. The van der Waals surface area contributed by atoms with Crippen LogP contribution in [0, 0.1) is 5.92 Å². The summed E-state index contributed by atoms with van der Waals surface area (Å²) in [5, 5.41) is 13.8. The number of hydrogen-bond donors (Lipinski definition) is 1. The number of aliphatic hydroxyl groups is 1. The molecule has 5 heteroatoms. The lowest BCUT2D eigenvalue weighted by Crippen LogP contribution is -2.42. The molecule has 0 bridgehead atoms. The number of piperidine rings is 1. The summed E-state index contributed by atoms with van der Waals surface area (Å²) in [4.78, 5) is 6.52. The summed E-state index contributed by atoms with van der Waals surface area (Å²) in [5.74, 6) is 1.84. The number of aromatic nitrogens is 2. The Kier molecular flexibility index (Phi) is 4.12. The molecule has 2 rings (SSSR count). The van der Waals surface area contributed by atoms with Crippen LogP contribution in [0.1, 0.15) is 38.4 Å². The molecule has 96 valence electrons. The fraction of sp³-hybridized carbons (Fsp3) is 0.833. The maximum atomic E-state index is 9.81. The van der Waals surface area contributed by atoms with Crippen LogP contribution in [0.25, 0.3) is 0 Å². The third-order valence-corrected chi connectivity index (χ3v) is 3.34. The highest BCUT2D eigenvalue weighted by Gasteiger charge is 2.25. The first-order valence-corrected chi connectivity index (χ1v) is 6.41. The first-order chi connectivity index (χ1) is 8.19. The maximum Gasteiger partial charge on any atom is 0.226 e. The zero-order chi connectivity index (χ0) is 12.3. The normalized spacial score (nSPS) is 26.3. The molecule has 2 unspecified atom stereocenters. The van der Waals surface area contributed by atoms with Crippen LogP contribution in [0.5, 0.6) is 0 Å². The van der Waals surface area contributed by atoms with E-state index in [-0.39, 0.29) is 6.10 Å². The van der Waals surface area contributed by atoms with Crippen LogP contribution in [0.2, 0.25) is 0 Å². The van der Waals surface area contributed by atoms with Crippen LogP contribution in [0.15, 0.2) is 4.52 Å². The minimum Gasteiger partial charge on any atom is -0.392 e. The average Bonchev–Trinajstić information content (AvgIpc) is 2.72. The number of aliphatic hydroxyl groups excluding tert-OH is 1. The Morgan fingerprint density at radius 1 is 1.53 bits per heavy atom. The maximum absolute atomic E-state index is 9.81. The van der Waals surface area contributed by atoms with Gasteiger partial charge < -0.3 is 9.63 Å². The summed E-state index contributed by atoms with van der Waals surface area (Å²) < 4.78 is 5.14. The second-order valence-corrected chi connectivity index (χ2v) is 4.92. The highest BCUT2D eigenvalue weighted by molar-refractivity contribution is 4.88. The van der Waals surface area contributed by atoms with Gasteiger partial charge in [-0.05, 0) is 25.3 Å². The zero-order valence-corrected chi connectivity index (χ0v) is 10.6. The largest absolute Gasteiger partial charge is 0.392 e. The highest BCUT2D eigenvalue weighted by atomic mass is 16.5. The van der Waals surface area contributed by atoms with E-state index >= 15 is 0 Å². The highest BCUT2D eigenvalue weighted by Crippen LogP contribution is 2.18. The van der Waals surface area contributed by atoms with Crippen LogP contribution in [0.4, 0.5) is 0 Å². The zero-order valence-electron chi connectivity index (χ0n) is 10.6. The van der Waals surface area contributed by atoms with Crippen molar-refractivity contribution in [2.24, 2.45) is 5.92 Å². The van der Waals surface area contributed by atoms with E-state index in [1.807, 2.05) is 0 Å². The molecule has 2 heterocycles. The van der Waals surface area contributed by atoms with Crippen LogP contribution in [0.3, 0.4) is 0 Å². The third-order valence-electron chi connectivity index (χ3n) is 3.34. The molecule has 1 fully saturated rings. The topological polar surface area (TPSA) is 62.4 Å². The van der Waals surface area contributed by atoms with E-state index in [4.69, 9.17) is 4.52 Å². The van der Waals surface area contributed by atoms with Crippen molar-refractivity contribution in [2.45, 2.75) is 45.8 Å². The molecular weight excluding hydrogens is 218 g/mol. The van der Waals surface area contributed by atoms with Crippen molar-refractivity contribution in [3.63, 3.8) is 0 Å². The molecule has 1 saturated heterocycles. The van der Waals surface area contributed by atoms with Crippen LogP contribution < -0.4 is 0 Å². The van der Waals surface area contributed by atoms with Crippen molar-refractivity contribution in [1.82, 2.24) is 15.0 Å². The first-order valence-electron chi connectivity index (χ1n) is 6.41. The van der Waals surface area contributed by atoms with E-state index in [0.717, 1.165) is 31.6 Å². The number of nitrogens with zero attached hydrogens (tertiary/aromatic N) is 3. The molecule has 1 aromatic rings. The van der Waals surface area contributed by atoms with Gasteiger partial charge in [0.15, 0.2) is 5.82 Å². The molecule has 1 N–H and O–H groups in total. The summed E-state index contributed by atoms with van der Waals surface area (Å²) in [5.41, 5.74) is 0. The van der Waals surface area contributed by atoms with E-state index in [9.17, 15) is 5.11 Å². The molecule has 5 nitrogen and oxygen atoms in total. The molecule has 0 aromatic carbocycles. The minimum absolute atomic E-state index is 0.231. The second-order valence-electron chi connectivity index (χ2n) is 4.92. The van der Waals surface area contributed by atoms with Crippen LogP contribution in [-0.4, -0.2) is 39.3 Å². The summed E-state index contributed by atoms with van der Waals surface area (Å²) in [6, 6.07) is 0. The summed E-state index contributed by atoms with van der Waals surface area (Å²) >= 11 is 0. The fourth-order valence-electron chi connectivity index (χ4n) is 2.13. The predicted octanol–water partition coefficient (Wildman–Crippen LogP) is 1.22. The van der Waals surface area contributed by atoms with Gasteiger partial charge in [0.05, 0.1) is 12.6 Å². The van der Waals surface area contributed by atoms with Crippen molar-refractivity contribution in [1.29, 1.82) is 0 Å². The van der Waals surface area contributed by atoms with Crippen LogP contribution in [-0.2, 0) is 13.0 Å². The van der Waals surface area contributed by atoms with E-state index in [2.05, 4.69) is 28.9 Å². The Bertz CT molecular complexity index is 353. The lowest BCUT2D eigenvalue weighted by Gasteiger charge is -2.33. The minimum atomic E-state index is -0.231. The lowest BCUT2D eigenvalue weighted by atomic mass is 9.96. The SMILES string of the molecule is CCCc1nc(CN2CCC(C)C(O)C2)no1. The van der Waals surface area contributed by atoms with Crippen molar-refractivity contribution in [3.8, 4) is 0 Å². The van der Waals surface area contributed by atoms with Gasteiger partial charge in [-0.15, -0.1) is 0 Å². The van der Waals surface area contributed by atoms with Gasteiger partial charge in [-0.25, -0.2) is 0 Å². The van der Waals surface area contributed by atoms with Gasteiger partial charge in [0.1, 0.15) is 0 Å². The smallest absolute Gasteiger partial charge is 0.226 e. The summed E-state index contributed by atoms with van der Waals surface area (Å²) in [6.07, 6.45) is 2.65. The molecule has 0 radical (unpaired) electrons. The van der Waals surface area contributed by atoms with Gasteiger partial charge in [0.2, 0.25) is 5.89 Å². The number of β-amino-alcohol motifs (C(OH)–C–C–N with tert-alkyl or cyclic N) is 1.